The van der Waals surface area contributed by atoms with Gasteiger partial charge in [0.05, 0.1) is 6.42 Å². The Labute approximate surface area is 92.7 Å². The van der Waals surface area contributed by atoms with Gasteiger partial charge in [-0.2, -0.15) is 0 Å². The molecule has 1 N–H and O–H groups in total. The molecule has 2 amide bonds. The fraction of sp³-hybridized carbons (Fsp3) is 0.400. The highest BCUT2D eigenvalue weighted by Crippen LogP contribution is 2.15. The predicted molar refractivity (Wildman–Crippen MR) is 56.6 cm³/mol. The third-order valence-corrected chi connectivity index (χ3v) is 2.48. The van der Waals surface area contributed by atoms with Crippen molar-refractivity contribution in [1.29, 1.82) is 0 Å². The molecule has 0 aliphatic carbocycles. The van der Waals surface area contributed by atoms with Crippen LogP contribution >= 0.6 is 0 Å². The molecule has 6 heteroatoms. The number of imide groups is 1. The summed E-state index contributed by atoms with van der Waals surface area (Å²) in [6.45, 7) is 1.76. The first-order valence-corrected chi connectivity index (χ1v) is 4.94. The van der Waals surface area contributed by atoms with E-state index in [0.717, 1.165) is 4.90 Å². The van der Waals surface area contributed by atoms with Crippen LogP contribution in [0.2, 0.25) is 0 Å². The minimum Gasteiger partial charge on any atom is -0.358 e. The van der Waals surface area contributed by atoms with Crippen molar-refractivity contribution in [1.82, 2.24) is 14.9 Å². The Morgan fingerprint density at radius 3 is 2.81 bits per heavy atom. The van der Waals surface area contributed by atoms with E-state index < -0.39 is 6.04 Å². The molecule has 6 nitrogen and oxygen atoms in total. The summed E-state index contributed by atoms with van der Waals surface area (Å²) in [4.78, 5) is 32.1. The highest BCUT2D eigenvalue weighted by Gasteiger charge is 2.36. The van der Waals surface area contributed by atoms with Crippen molar-refractivity contribution in [2.75, 3.05) is 12.4 Å². The third kappa shape index (κ3) is 1.86. The van der Waals surface area contributed by atoms with Gasteiger partial charge in [-0.1, -0.05) is 0 Å². The van der Waals surface area contributed by atoms with Gasteiger partial charge in [0.15, 0.2) is 0 Å². The Balaban J connectivity index is 2.12. The molecule has 16 heavy (non-hydrogen) atoms. The van der Waals surface area contributed by atoms with Crippen molar-refractivity contribution in [2.45, 2.75) is 19.4 Å². The maximum absolute atomic E-state index is 11.6. The molecule has 0 spiro atoms. The van der Waals surface area contributed by atoms with Crippen molar-refractivity contribution in [2.24, 2.45) is 0 Å². The van der Waals surface area contributed by atoms with Gasteiger partial charge >= 0.3 is 0 Å². The van der Waals surface area contributed by atoms with Gasteiger partial charge in [0, 0.05) is 13.2 Å². The molecule has 1 atom stereocenters. The minimum atomic E-state index is -0.508. The molecule has 0 saturated carbocycles. The average Bonchev–Trinajstić information content (AvgIpc) is 2.47. The lowest BCUT2D eigenvalue weighted by molar-refractivity contribution is -0.136. The second-order valence-corrected chi connectivity index (χ2v) is 3.68. The first-order valence-electron chi connectivity index (χ1n) is 4.94. The van der Waals surface area contributed by atoms with E-state index in [-0.39, 0.29) is 18.2 Å². The van der Waals surface area contributed by atoms with Gasteiger partial charge in [-0.05, 0) is 13.0 Å². The van der Waals surface area contributed by atoms with E-state index in [1.807, 2.05) is 0 Å². The molecule has 1 aromatic heterocycles. The Morgan fingerprint density at radius 1 is 1.50 bits per heavy atom. The van der Waals surface area contributed by atoms with Crippen LogP contribution in [0.25, 0.3) is 0 Å². The first-order chi connectivity index (χ1) is 7.58. The molecule has 2 heterocycles. The fourth-order valence-corrected chi connectivity index (χ4v) is 1.58. The summed E-state index contributed by atoms with van der Waals surface area (Å²) < 4.78 is 0. The molecule has 84 valence electrons. The Morgan fingerprint density at radius 2 is 2.25 bits per heavy atom. The van der Waals surface area contributed by atoms with Crippen LogP contribution in [0.4, 0.5) is 5.82 Å². The van der Waals surface area contributed by atoms with Gasteiger partial charge < -0.3 is 5.32 Å². The molecule has 2 rings (SSSR count). The molecular formula is C10H12N4O2. The second-order valence-electron chi connectivity index (χ2n) is 3.68. The topological polar surface area (TPSA) is 75.2 Å². The van der Waals surface area contributed by atoms with Gasteiger partial charge in [0.25, 0.3) is 5.91 Å². The zero-order valence-electron chi connectivity index (χ0n) is 9.10. The quantitative estimate of drug-likeness (QED) is 0.707. The largest absolute Gasteiger partial charge is 0.358 e. The van der Waals surface area contributed by atoms with Crippen molar-refractivity contribution in [3.8, 4) is 0 Å². The van der Waals surface area contributed by atoms with Gasteiger partial charge in [0.2, 0.25) is 5.91 Å². The van der Waals surface area contributed by atoms with Crippen LogP contribution in [0.15, 0.2) is 12.3 Å². The Bertz CT molecular complexity index is 446. The molecule has 0 aromatic carbocycles. The van der Waals surface area contributed by atoms with Gasteiger partial charge in [-0.15, -0.1) is 0 Å². The summed E-state index contributed by atoms with van der Waals surface area (Å²) >= 11 is 0. The minimum absolute atomic E-state index is 0.173. The lowest BCUT2D eigenvalue weighted by atomic mass is 10.2. The normalized spacial score (nSPS) is 20.4. The van der Waals surface area contributed by atoms with Crippen molar-refractivity contribution in [3.05, 3.63) is 18.1 Å². The van der Waals surface area contributed by atoms with Crippen molar-refractivity contribution < 1.29 is 9.59 Å². The van der Waals surface area contributed by atoms with E-state index in [1.165, 1.54) is 7.05 Å². The number of likely N-dealkylation sites (N-methyl/N-ethyl adjacent to an activating group) is 1. The molecule has 1 aliphatic rings. The number of likely N-dealkylation sites (tertiary alicyclic amines) is 1. The van der Waals surface area contributed by atoms with Crippen LogP contribution in [-0.2, 0) is 9.59 Å². The highest BCUT2D eigenvalue weighted by atomic mass is 16.2. The number of aryl methyl sites for hydroxylation is 1. The number of nitrogens with one attached hydrogen (secondary N) is 1. The third-order valence-electron chi connectivity index (χ3n) is 2.48. The molecule has 1 saturated heterocycles. The number of carbonyl (C=O) groups is 2. The summed E-state index contributed by atoms with van der Waals surface area (Å²) in [6, 6.07) is 1.16. The van der Waals surface area contributed by atoms with E-state index in [2.05, 4.69) is 15.3 Å². The number of hydrogen-bond donors (Lipinski definition) is 1. The fourth-order valence-electron chi connectivity index (χ4n) is 1.58. The number of amides is 2. The van der Waals surface area contributed by atoms with Crippen LogP contribution < -0.4 is 5.32 Å². The Kier molecular flexibility index (Phi) is 2.55. The van der Waals surface area contributed by atoms with E-state index in [9.17, 15) is 9.59 Å². The number of anilines is 1. The van der Waals surface area contributed by atoms with E-state index in [1.54, 1.807) is 19.2 Å². The van der Waals surface area contributed by atoms with E-state index in [0.29, 0.717) is 11.6 Å². The van der Waals surface area contributed by atoms with Crippen LogP contribution in [0.5, 0.6) is 0 Å². The molecule has 1 unspecified atom stereocenters. The lowest BCUT2D eigenvalue weighted by Crippen LogP contribution is -2.32. The zero-order valence-corrected chi connectivity index (χ0v) is 9.10. The molecule has 1 fully saturated rings. The summed E-state index contributed by atoms with van der Waals surface area (Å²) in [5, 5.41) is 2.93. The molecule has 1 aliphatic heterocycles. The lowest BCUT2D eigenvalue weighted by Gasteiger charge is -2.11. The smallest absolute Gasteiger partial charge is 0.251 e. The number of aromatic nitrogens is 2. The van der Waals surface area contributed by atoms with Crippen LogP contribution in [0.1, 0.15) is 12.2 Å². The second kappa shape index (κ2) is 3.88. The Hall–Kier alpha value is -1.98. The summed E-state index contributed by atoms with van der Waals surface area (Å²) in [7, 11) is 1.48. The first kappa shape index (κ1) is 10.5. The van der Waals surface area contributed by atoms with Crippen LogP contribution in [0.3, 0.4) is 0 Å². The van der Waals surface area contributed by atoms with Crippen molar-refractivity contribution in [3.63, 3.8) is 0 Å². The zero-order chi connectivity index (χ0) is 11.7. The molecule has 0 bridgehead atoms. The number of rotatable bonds is 2. The van der Waals surface area contributed by atoms with E-state index >= 15 is 0 Å². The summed E-state index contributed by atoms with van der Waals surface area (Å²) in [5.74, 6) is 0.790. The van der Waals surface area contributed by atoms with Gasteiger partial charge in [-0.25, -0.2) is 9.97 Å². The monoisotopic (exact) mass is 220 g/mol. The van der Waals surface area contributed by atoms with Gasteiger partial charge in [0.1, 0.15) is 17.7 Å². The summed E-state index contributed by atoms with van der Waals surface area (Å²) in [6.07, 6.45) is 1.79. The van der Waals surface area contributed by atoms with E-state index in [4.69, 9.17) is 0 Å². The predicted octanol–water partition coefficient (Wildman–Crippen LogP) is -0.0458. The standard InChI is InChI=1S/C10H12N4O2/c1-6-11-4-3-8(12-6)13-7-5-9(15)14(2)10(7)16/h3-4,7H,5H2,1-2H3,(H,11,12,13). The number of hydrogen-bond acceptors (Lipinski definition) is 5. The van der Waals surface area contributed by atoms with Crippen LogP contribution in [0, 0.1) is 6.92 Å². The van der Waals surface area contributed by atoms with Crippen LogP contribution in [-0.4, -0.2) is 39.8 Å². The van der Waals surface area contributed by atoms with Crippen molar-refractivity contribution >= 4 is 17.6 Å². The highest BCUT2D eigenvalue weighted by molar-refractivity contribution is 6.06. The average molecular weight is 220 g/mol. The molecule has 0 radical (unpaired) electrons. The van der Waals surface area contributed by atoms with Gasteiger partial charge in [-0.3, -0.25) is 14.5 Å². The molecule has 1 aromatic rings. The maximum Gasteiger partial charge on any atom is 0.251 e. The SMILES string of the molecule is Cc1nccc(NC2CC(=O)N(C)C2=O)n1. The number of nitrogens with zero attached hydrogens (tertiary/aromatic N) is 3. The number of carbonyl (C=O) groups excluding carboxylic acids is 2. The molecular weight excluding hydrogens is 208 g/mol. The maximum atomic E-state index is 11.6. The summed E-state index contributed by atoms with van der Waals surface area (Å²) in [5.41, 5.74) is 0.